The molecule has 1 aromatic carbocycles. The summed E-state index contributed by atoms with van der Waals surface area (Å²) in [5.74, 6) is -0.509. The van der Waals surface area contributed by atoms with E-state index in [1.54, 1.807) is 12.1 Å². The summed E-state index contributed by atoms with van der Waals surface area (Å²) in [6.07, 6.45) is 3.30. The van der Waals surface area contributed by atoms with Crippen LogP contribution in [0.1, 0.15) is 32.3 Å². The Hall–Kier alpha value is -1.70. The third-order valence-corrected chi connectivity index (χ3v) is 5.10. The first-order valence-corrected chi connectivity index (χ1v) is 10.1. The van der Waals surface area contributed by atoms with E-state index < -0.39 is 11.1 Å². The minimum Gasteiger partial charge on any atom is -0.491 e. The second-order valence-electron chi connectivity index (χ2n) is 5.72. The molecule has 0 aliphatic carbocycles. The summed E-state index contributed by atoms with van der Waals surface area (Å²) in [4.78, 5) is 37.6. The first kappa shape index (κ1) is 21.6. The zero-order valence-electron chi connectivity index (χ0n) is 15.0. The van der Waals surface area contributed by atoms with E-state index >= 15 is 0 Å². The predicted octanol–water partition coefficient (Wildman–Crippen LogP) is 4.34. The molecule has 0 radical (unpaired) electrons. The molecular weight excluding hydrogens is 411 g/mol. The number of halogens is 2. The molecule has 1 N–H and O–H groups in total. The van der Waals surface area contributed by atoms with Crippen LogP contribution in [0.4, 0.5) is 4.79 Å². The van der Waals surface area contributed by atoms with Crippen molar-refractivity contribution in [2.45, 2.75) is 26.7 Å². The second kappa shape index (κ2) is 10.0. The number of carbonyl (C=O) groups excluding carboxylic acids is 3. The van der Waals surface area contributed by atoms with Crippen LogP contribution in [0.15, 0.2) is 17.0 Å². The number of ether oxygens (including phenoxy) is 1. The number of nitrogens with zero attached hydrogens (tertiary/aromatic N) is 1. The number of thioether (sulfide) groups is 1. The standard InChI is InChI=1S/C18H20Cl2N2O4S/c1-3-5-6-21-15(23)10-22-17(24)14(27-18(22)25)9-11-7-12(19)16(26-4-2)13(20)8-11/h7-9H,3-6,10H2,1-2H3,(H,21,23)/b14-9-. The molecule has 146 valence electrons. The molecule has 3 amide bonds. The summed E-state index contributed by atoms with van der Waals surface area (Å²) in [5, 5.41) is 2.82. The van der Waals surface area contributed by atoms with Crippen molar-refractivity contribution in [3.63, 3.8) is 0 Å². The van der Waals surface area contributed by atoms with Gasteiger partial charge < -0.3 is 10.1 Å². The third kappa shape index (κ3) is 5.64. The van der Waals surface area contributed by atoms with Crippen LogP contribution in [0.3, 0.4) is 0 Å². The van der Waals surface area contributed by atoms with E-state index in [1.165, 1.54) is 6.08 Å². The maximum Gasteiger partial charge on any atom is 0.294 e. The van der Waals surface area contributed by atoms with Gasteiger partial charge in [0.05, 0.1) is 21.6 Å². The predicted molar refractivity (Wildman–Crippen MR) is 108 cm³/mol. The molecule has 9 heteroatoms. The molecule has 1 saturated heterocycles. The normalized spacial score (nSPS) is 15.6. The minimum absolute atomic E-state index is 0.206. The molecule has 0 bridgehead atoms. The van der Waals surface area contributed by atoms with Crippen LogP contribution >= 0.6 is 35.0 Å². The third-order valence-electron chi connectivity index (χ3n) is 3.63. The molecule has 0 unspecified atom stereocenters. The lowest BCUT2D eigenvalue weighted by atomic mass is 10.2. The lowest BCUT2D eigenvalue weighted by Crippen LogP contribution is -2.39. The van der Waals surface area contributed by atoms with E-state index in [4.69, 9.17) is 27.9 Å². The Morgan fingerprint density at radius 1 is 1.26 bits per heavy atom. The van der Waals surface area contributed by atoms with E-state index in [2.05, 4.69) is 5.32 Å². The van der Waals surface area contributed by atoms with Crippen molar-refractivity contribution >= 4 is 58.1 Å². The summed E-state index contributed by atoms with van der Waals surface area (Å²) >= 11 is 13.1. The lowest BCUT2D eigenvalue weighted by Gasteiger charge is -2.12. The van der Waals surface area contributed by atoms with Gasteiger partial charge in [-0.05, 0) is 48.9 Å². The fraction of sp³-hybridized carbons (Fsp3) is 0.389. The molecule has 6 nitrogen and oxygen atoms in total. The van der Waals surface area contributed by atoms with Gasteiger partial charge in [-0.2, -0.15) is 0 Å². The average molecular weight is 431 g/mol. The molecule has 0 aromatic heterocycles. The number of hydrogen-bond donors (Lipinski definition) is 1. The number of rotatable bonds is 8. The number of hydrogen-bond acceptors (Lipinski definition) is 5. The van der Waals surface area contributed by atoms with Crippen LogP contribution in [-0.2, 0) is 9.59 Å². The largest absolute Gasteiger partial charge is 0.491 e. The van der Waals surface area contributed by atoms with E-state index in [9.17, 15) is 14.4 Å². The Labute approximate surface area is 172 Å². The fourth-order valence-electron chi connectivity index (χ4n) is 2.34. The summed E-state index contributed by atoms with van der Waals surface area (Å²) < 4.78 is 5.37. The van der Waals surface area contributed by atoms with Crippen LogP contribution in [0.2, 0.25) is 10.0 Å². The SMILES string of the molecule is CCCCNC(=O)CN1C(=O)S/C(=C\c2cc(Cl)c(OCC)c(Cl)c2)C1=O. The number of unbranched alkanes of at least 4 members (excludes halogenated alkanes) is 1. The van der Waals surface area contributed by atoms with Crippen LogP contribution in [0, 0.1) is 0 Å². The summed E-state index contributed by atoms with van der Waals surface area (Å²) in [6.45, 7) is 4.46. The van der Waals surface area contributed by atoms with Crippen LogP contribution in [0.5, 0.6) is 5.75 Å². The van der Waals surface area contributed by atoms with Gasteiger partial charge in [-0.15, -0.1) is 0 Å². The first-order chi connectivity index (χ1) is 12.9. The minimum atomic E-state index is -0.517. The van der Waals surface area contributed by atoms with Gasteiger partial charge in [0.1, 0.15) is 6.54 Å². The number of carbonyl (C=O) groups is 3. The van der Waals surface area contributed by atoms with Crippen LogP contribution in [0.25, 0.3) is 6.08 Å². The Bertz CT molecular complexity index is 760. The van der Waals surface area contributed by atoms with Crippen molar-refractivity contribution in [1.29, 1.82) is 0 Å². The van der Waals surface area contributed by atoms with Crippen molar-refractivity contribution in [3.05, 3.63) is 32.6 Å². The molecule has 2 rings (SSSR count). The van der Waals surface area contributed by atoms with Crippen molar-refractivity contribution in [3.8, 4) is 5.75 Å². The average Bonchev–Trinajstić information content (AvgIpc) is 2.86. The summed E-state index contributed by atoms with van der Waals surface area (Å²) in [7, 11) is 0. The Kier molecular flexibility index (Phi) is 8.01. The molecule has 0 spiro atoms. The quantitative estimate of drug-likeness (QED) is 0.490. The smallest absolute Gasteiger partial charge is 0.294 e. The van der Waals surface area contributed by atoms with Gasteiger partial charge in [-0.3, -0.25) is 19.3 Å². The van der Waals surface area contributed by atoms with E-state index in [0.29, 0.717) is 34.5 Å². The highest BCUT2D eigenvalue weighted by molar-refractivity contribution is 8.18. The second-order valence-corrected chi connectivity index (χ2v) is 7.53. The fourth-order valence-corrected chi connectivity index (χ4v) is 3.79. The number of imide groups is 1. The lowest BCUT2D eigenvalue weighted by molar-refractivity contribution is -0.129. The molecule has 1 fully saturated rings. The number of benzene rings is 1. The van der Waals surface area contributed by atoms with E-state index in [-0.39, 0.29) is 17.4 Å². The molecular formula is C18H20Cl2N2O4S. The molecule has 1 heterocycles. The van der Waals surface area contributed by atoms with Gasteiger partial charge in [0.15, 0.2) is 5.75 Å². The van der Waals surface area contributed by atoms with Gasteiger partial charge >= 0.3 is 0 Å². The van der Waals surface area contributed by atoms with Gasteiger partial charge in [0.2, 0.25) is 5.91 Å². The number of amides is 3. The first-order valence-electron chi connectivity index (χ1n) is 8.51. The zero-order chi connectivity index (χ0) is 20.0. The maximum absolute atomic E-state index is 12.5. The Balaban J connectivity index is 2.13. The molecule has 1 aliphatic rings. The van der Waals surface area contributed by atoms with Gasteiger partial charge in [0, 0.05) is 6.54 Å². The summed E-state index contributed by atoms with van der Waals surface area (Å²) in [5.41, 5.74) is 0.561. The maximum atomic E-state index is 12.5. The Morgan fingerprint density at radius 2 is 1.93 bits per heavy atom. The molecule has 27 heavy (non-hydrogen) atoms. The highest BCUT2D eigenvalue weighted by atomic mass is 35.5. The highest BCUT2D eigenvalue weighted by Crippen LogP contribution is 2.37. The highest BCUT2D eigenvalue weighted by Gasteiger charge is 2.36. The van der Waals surface area contributed by atoms with Gasteiger partial charge in [-0.25, -0.2) is 0 Å². The van der Waals surface area contributed by atoms with Crippen LogP contribution in [-0.4, -0.2) is 41.6 Å². The van der Waals surface area contributed by atoms with E-state index in [1.807, 2.05) is 13.8 Å². The van der Waals surface area contributed by atoms with Crippen molar-refractivity contribution in [1.82, 2.24) is 10.2 Å². The van der Waals surface area contributed by atoms with Crippen molar-refractivity contribution in [2.24, 2.45) is 0 Å². The molecule has 0 atom stereocenters. The zero-order valence-corrected chi connectivity index (χ0v) is 17.3. The van der Waals surface area contributed by atoms with E-state index in [0.717, 1.165) is 29.5 Å². The topological polar surface area (TPSA) is 75.7 Å². The number of nitrogens with one attached hydrogen (secondary N) is 1. The van der Waals surface area contributed by atoms with Crippen LogP contribution < -0.4 is 10.1 Å². The monoisotopic (exact) mass is 430 g/mol. The van der Waals surface area contributed by atoms with Gasteiger partial charge in [-0.1, -0.05) is 36.5 Å². The molecule has 1 aromatic rings. The van der Waals surface area contributed by atoms with Crippen molar-refractivity contribution in [2.75, 3.05) is 19.7 Å². The molecule has 1 aliphatic heterocycles. The van der Waals surface area contributed by atoms with Gasteiger partial charge in [0.25, 0.3) is 11.1 Å². The summed E-state index contributed by atoms with van der Waals surface area (Å²) in [6, 6.07) is 3.20. The van der Waals surface area contributed by atoms with Crippen molar-refractivity contribution < 1.29 is 19.1 Å². The Morgan fingerprint density at radius 3 is 2.52 bits per heavy atom. The molecule has 0 saturated carbocycles.